The Morgan fingerprint density at radius 2 is 1.42 bits per heavy atom. The van der Waals surface area contributed by atoms with Crippen LogP contribution in [0.4, 0.5) is 30.2 Å². The second kappa shape index (κ2) is 25.9. The van der Waals surface area contributed by atoms with Gasteiger partial charge in [-0.25, -0.2) is 9.59 Å². The third-order valence-electron chi connectivity index (χ3n) is 6.37. The number of hydrogen-bond acceptors (Lipinski definition) is 15. The van der Waals surface area contributed by atoms with E-state index in [0.717, 1.165) is 30.3 Å². The summed E-state index contributed by atoms with van der Waals surface area (Å²) < 4.78 is 68.2. The quantitative estimate of drug-likeness (QED) is 0.0245. The van der Waals surface area contributed by atoms with Crippen LogP contribution in [-0.4, -0.2) is 82.6 Å². The molecule has 0 amide bonds. The number of nitrogens with zero attached hydrogens (tertiary/aromatic N) is 2. The summed E-state index contributed by atoms with van der Waals surface area (Å²) in [5.41, 5.74) is 3.09. The minimum Gasteiger partial charge on any atom is -0.778 e. The zero-order valence-electron chi connectivity index (χ0n) is 32.8. The molecule has 4 rings (SSSR count). The summed E-state index contributed by atoms with van der Waals surface area (Å²) in [7, 11) is -3.71. The molecule has 0 spiro atoms. The van der Waals surface area contributed by atoms with Crippen LogP contribution in [0.2, 0.25) is 10.0 Å². The Hall–Kier alpha value is -5.68. The molecule has 0 radical (unpaired) electrons. The number of benzene rings is 4. The van der Waals surface area contributed by atoms with E-state index in [1.807, 2.05) is 11.4 Å². The number of rotatable bonds is 14. The Morgan fingerprint density at radius 3 is 1.92 bits per heavy atom. The fourth-order valence-corrected chi connectivity index (χ4v) is 4.73. The molecule has 0 bridgehead atoms. The normalized spacial score (nSPS) is 11.4. The first kappa shape index (κ1) is 54.3. The van der Waals surface area contributed by atoms with Gasteiger partial charge in [-0.2, -0.15) is 13.2 Å². The molecule has 26 heteroatoms. The maximum absolute atomic E-state index is 12.7. The Bertz CT molecular complexity index is 2220. The summed E-state index contributed by atoms with van der Waals surface area (Å²) >= 11 is 11.7. The van der Waals surface area contributed by atoms with Crippen LogP contribution >= 0.6 is 30.8 Å². The molecule has 0 aliphatic rings. The van der Waals surface area contributed by atoms with E-state index in [-0.39, 0.29) is 45.3 Å². The van der Waals surface area contributed by atoms with Crippen LogP contribution in [0, 0.1) is 20.2 Å². The fourth-order valence-electron chi connectivity index (χ4n) is 3.91. The highest BCUT2D eigenvalue weighted by Gasteiger charge is 2.31. The number of nitrogens with one attached hydrogen (secondary N) is 1. The molecule has 0 saturated heterocycles. The number of anilines is 1. The van der Waals surface area contributed by atoms with Crippen LogP contribution in [0.15, 0.2) is 78.9 Å². The first-order valence-electron chi connectivity index (χ1n) is 16.8. The molecule has 0 heterocycles. The summed E-state index contributed by atoms with van der Waals surface area (Å²) in [5.74, 6) is -2.67. The van der Waals surface area contributed by atoms with Crippen molar-refractivity contribution < 1.29 is 75.8 Å². The first-order valence-corrected chi connectivity index (χ1v) is 21.8. The highest BCUT2D eigenvalue weighted by Crippen LogP contribution is 2.39. The molecule has 0 aliphatic heterocycles. The predicted molar refractivity (Wildman–Crippen MR) is 221 cm³/mol. The third-order valence-corrected chi connectivity index (χ3v) is 7.68. The topological polar surface area (TPSA) is 293 Å². The average Bonchev–Trinajstić information content (AvgIpc) is 3.16. The highest BCUT2D eigenvalue weighted by molar-refractivity contribution is 7.94. The zero-order valence-corrected chi connectivity index (χ0v) is 36.0. The molecule has 4 aromatic carbocycles. The number of hydrogen-bond donors (Lipinski definition) is 4. The fraction of sp³-hybridized carbons (Fsp3) is 0.250. The van der Waals surface area contributed by atoms with Crippen LogP contribution in [0.5, 0.6) is 23.0 Å². The monoisotopic (exact) mass is 956 g/mol. The first-order chi connectivity index (χ1) is 28.8. The van der Waals surface area contributed by atoms with Crippen molar-refractivity contribution in [3.05, 3.63) is 120 Å². The van der Waals surface area contributed by atoms with E-state index in [1.54, 1.807) is 24.3 Å². The number of para-hydroxylation sites is 1. The lowest BCUT2D eigenvalue weighted by molar-refractivity contribution is -0.385. The molecule has 0 aliphatic carbocycles. The van der Waals surface area contributed by atoms with E-state index in [0.29, 0.717) is 22.7 Å². The van der Waals surface area contributed by atoms with E-state index in [4.69, 9.17) is 53.1 Å². The average molecular weight is 958 g/mol. The number of esters is 2. The number of carbonyl (C=O) groups excluding carboxylic acids is 2. The van der Waals surface area contributed by atoms with Crippen LogP contribution in [0.25, 0.3) is 0 Å². The second-order valence-electron chi connectivity index (χ2n) is 11.9. The van der Waals surface area contributed by atoms with Gasteiger partial charge in [0.25, 0.3) is 11.4 Å². The Morgan fingerprint density at radius 1 is 0.871 bits per heavy atom. The van der Waals surface area contributed by atoms with Gasteiger partial charge in [-0.05, 0) is 60.3 Å². The molecule has 0 fully saturated rings. The van der Waals surface area contributed by atoms with E-state index < -0.39 is 77.8 Å². The van der Waals surface area contributed by atoms with Crippen molar-refractivity contribution in [2.45, 2.75) is 13.1 Å². The van der Waals surface area contributed by atoms with Gasteiger partial charge in [-0.15, -0.1) is 0 Å². The van der Waals surface area contributed by atoms with E-state index in [2.05, 4.69) is 23.5 Å². The number of carboxylic acids is 1. The number of ether oxygens (including phenoxy) is 4. The standard InChI is InChI=1S/C18H13ClF3NO7.C12H9ClN2O3.C3H8NO5P.C3H9S/c1-2-28-16(24)9-29-17(25)12-8-11(4-5-14(12)23(26)27)30-15-6-3-10(7-13(15)19)18(20,21)22;13-11-10(18-8-4-2-1-3-5-8)7-6-9(12(11)14)15(16)17;5-3(6)1-4-2-10(7,8)9;1-4(2)3/h3-8H,2,9H2,1H3;1-7H,14H2;4H,1-2H2,(H,5,6)(H2,7,8,9);1-3H3/q;;;+1/p-1. The number of nitrogen functional groups attached to an aromatic ring is 1. The summed E-state index contributed by atoms with van der Waals surface area (Å²) in [5, 5.41) is 31.5. The summed E-state index contributed by atoms with van der Waals surface area (Å²) in [6, 6.07) is 17.0. The van der Waals surface area contributed by atoms with Crippen LogP contribution < -0.4 is 25.4 Å². The number of nitrogens with two attached hydrogens (primary N) is 1. The van der Waals surface area contributed by atoms with Gasteiger partial charge >= 0.3 is 24.1 Å². The molecular weight excluding hydrogens is 919 g/mol. The Balaban J connectivity index is 0.000000504. The molecule has 0 aromatic heterocycles. The molecule has 4 aromatic rings. The van der Waals surface area contributed by atoms with Crippen molar-refractivity contribution in [1.82, 2.24) is 5.32 Å². The molecule has 338 valence electrons. The van der Waals surface area contributed by atoms with E-state index in [9.17, 15) is 57.2 Å². The predicted octanol–water partition coefficient (Wildman–Crippen LogP) is 7.06. The van der Waals surface area contributed by atoms with Gasteiger partial charge in [0.1, 0.15) is 46.9 Å². The van der Waals surface area contributed by atoms with Gasteiger partial charge in [0, 0.05) is 18.2 Å². The smallest absolute Gasteiger partial charge is 0.416 e. The lowest BCUT2D eigenvalue weighted by Crippen LogP contribution is -2.25. The molecule has 19 nitrogen and oxygen atoms in total. The van der Waals surface area contributed by atoms with Crippen molar-refractivity contribution in [3.8, 4) is 23.0 Å². The van der Waals surface area contributed by atoms with E-state index in [1.165, 1.54) is 19.1 Å². The SMILES string of the molecule is CCOC(=O)COC(=O)c1cc(Oc2ccc(C(F)(F)F)cc2Cl)ccc1[N+](=O)[O-].C[S+](C)C.Nc1c([N+](=O)[O-])ccc(Oc2ccccc2)c1Cl.O=C(O)CNCP(=O)([O-])O. The molecule has 5 N–H and O–H groups in total. The van der Waals surface area contributed by atoms with Gasteiger partial charge in [-0.1, -0.05) is 41.4 Å². The van der Waals surface area contributed by atoms with Gasteiger partial charge in [-0.3, -0.25) is 30.3 Å². The lowest BCUT2D eigenvalue weighted by Gasteiger charge is -2.14. The highest BCUT2D eigenvalue weighted by atomic mass is 35.5. The molecule has 0 saturated carbocycles. The van der Waals surface area contributed by atoms with Crippen LogP contribution in [-0.2, 0) is 40.7 Å². The minimum absolute atomic E-state index is 0.0352. The number of aliphatic carboxylic acids is 1. The van der Waals surface area contributed by atoms with Crippen molar-refractivity contribution in [2.75, 3.05) is 50.5 Å². The largest absolute Gasteiger partial charge is 0.778 e. The number of nitro groups is 2. The lowest BCUT2D eigenvalue weighted by atomic mass is 10.1. The van der Waals surface area contributed by atoms with Gasteiger partial charge in [0.2, 0.25) is 0 Å². The summed E-state index contributed by atoms with van der Waals surface area (Å²) in [6.07, 6.45) is 1.27. The van der Waals surface area contributed by atoms with E-state index >= 15 is 0 Å². The van der Waals surface area contributed by atoms with Crippen molar-refractivity contribution in [3.63, 3.8) is 0 Å². The number of alkyl halides is 3. The van der Waals surface area contributed by atoms with Crippen molar-refractivity contribution in [2.24, 2.45) is 0 Å². The molecule has 62 heavy (non-hydrogen) atoms. The number of carboxylic acid groups (broad SMARTS) is 1. The molecular formula is C36H38Cl2F3N4O15PS. The van der Waals surface area contributed by atoms with Crippen molar-refractivity contribution in [1.29, 1.82) is 0 Å². The number of halogens is 5. The third kappa shape index (κ3) is 20.7. The van der Waals surface area contributed by atoms with Gasteiger partial charge in [0.05, 0.1) is 58.6 Å². The van der Waals surface area contributed by atoms with Crippen molar-refractivity contribution >= 4 is 76.7 Å². The maximum Gasteiger partial charge on any atom is 0.416 e. The summed E-state index contributed by atoms with van der Waals surface area (Å²) in [4.78, 5) is 71.6. The second-order valence-corrected chi connectivity index (χ2v) is 16.7. The van der Waals surface area contributed by atoms with Gasteiger partial charge in [0.15, 0.2) is 6.61 Å². The number of carbonyl (C=O) groups is 3. The van der Waals surface area contributed by atoms with Crippen LogP contribution in [0.3, 0.4) is 0 Å². The Labute approximate surface area is 363 Å². The van der Waals surface area contributed by atoms with Gasteiger partial charge < -0.3 is 44.1 Å². The maximum atomic E-state index is 12.7. The minimum atomic E-state index is -4.61. The molecule has 1 unspecified atom stereocenters. The summed E-state index contributed by atoms with van der Waals surface area (Å²) in [6.45, 7) is 0.345. The van der Waals surface area contributed by atoms with Crippen LogP contribution in [0.1, 0.15) is 22.8 Å². The number of nitro benzene ring substituents is 2. The molecule has 1 atom stereocenters. The zero-order chi connectivity index (χ0) is 47.4. The Kier molecular flexibility index (Phi) is 22.7.